The minimum Gasteiger partial charge on any atom is -0.354 e. The average molecular weight is 300 g/mol. The van der Waals surface area contributed by atoms with E-state index in [4.69, 9.17) is 0 Å². The van der Waals surface area contributed by atoms with Crippen molar-refractivity contribution in [3.05, 3.63) is 69.3 Å². The Morgan fingerprint density at radius 1 is 0.944 bits per heavy atom. The fraction of sp³-hybridized carbons (Fsp3) is 0. The molecule has 3 heteroatoms. The highest BCUT2D eigenvalue weighted by molar-refractivity contribution is 9.10. The number of hydrogen-bond donors (Lipinski definition) is 1. The van der Waals surface area contributed by atoms with Crippen LogP contribution in [0.3, 0.4) is 0 Å². The van der Waals surface area contributed by atoms with E-state index in [-0.39, 0.29) is 5.43 Å². The quantitative estimate of drug-likeness (QED) is 0.725. The predicted molar refractivity (Wildman–Crippen MR) is 77.7 cm³/mol. The van der Waals surface area contributed by atoms with Crippen molar-refractivity contribution in [1.82, 2.24) is 4.98 Å². The minimum atomic E-state index is 0.0371. The molecule has 2 aromatic carbocycles. The Bertz CT molecular complexity index is 777. The molecule has 1 heterocycles. The van der Waals surface area contributed by atoms with Gasteiger partial charge in [0.15, 0.2) is 5.43 Å². The maximum Gasteiger partial charge on any atom is 0.190 e. The van der Waals surface area contributed by atoms with Gasteiger partial charge in [-0.25, -0.2) is 0 Å². The summed E-state index contributed by atoms with van der Waals surface area (Å²) in [5.74, 6) is 0. The third-order valence-electron chi connectivity index (χ3n) is 2.90. The van der Waals surface area contributed by atoms with Gasteiger partial charge in [-0.2, -0.15) is 0 Å². The summed E-state index contributed by atoms with van der Waals surface area (Å²) < 4.78 is 0.968. The van der Waals surface area contributed by atoms with Crippen LogP contribution in [-0.4, -0.2) is 4.98 Å². The Balaban J connectivity index is 2.32. The van der Waals surface area contributed by atoms with E-state index >= 15 is 0 Å². The van der Waals surface area contributed by atoms with Crippen molar-refractivity contribution in [2.75, 3.05) is 0 Å². The van der Waals surface area contributed by atoms with Crippen molar-refractivity contribution in [3.63, 3.8) is 0 Å². The van der Waals surface area contributed by atoms with E-state index in [0.29, 0.717) is 5.39 Å². The van der Waals surface area contributed by atoms with Crippen LogP contribution in [-0.2, 0) is 0 Å². The van der Waals surface area contributed by atoms with Gasteiger partial charge < -0.3 is 4.98 Å². The second-order valence-corrected chi connectivity index (χ2v) is 4.93. The molecule has 0 aliphatic heterocycles. The SMILES string of the molecule is O=c1cc(-c2ccccc2Br)[nH]c2ccccc12. The first kappa shape index (κ1) is 11.2. The maximum absolute atomic E-state index is 12.0. The number of halogens is 1. The summed E-state index contributed by atoms with van der Waals surface area (Å²) in [6.45, 7) is 0. The molecule has 0 saturated carbocycles. The lowest BCUT2D eigenvalue weighted by Gasteiger charge is -2.06. The number of fused-ring (bicyclic) bond motifs is 1. The summed E-state index contributed by atoms with van der Waals surface area (Å²) in [7, 11) is 0. The molecule has 0 fully saturated rings. The highest BCUT2D eigenvalue weighted by Gasteiger charge is 2.06. The molecule has 0 aliphatic carbocycles. The number of hydrogen-bond acceptors (Lipinski definition) is 1. The molecule has 3 aromatic rings. The summed E-state index contributed by atoms with van der Waals surface area (Å²) in [6.07, 6.45) is 0. The third kappa shape index (κ3) is 1.87. The predicted octanol–water partition coefficient (Wildman–Crippen LogP) is 3.96. The summed E-state index contributed by atoms with van der Waals surface area (Å²) in [6, 6.07) is 17.0. The summed E-state index contributed by atoms with van der Waals surface area (Å²) >= 11 is 3.50. The van der Waals surface area contributed by atoms with Crippen molar-refractivity contribution in [2.45, 2.75) is 0 Å². The largest absolute Gasteiger partial charge is 0.354 e. The average Bonchev–Trinajstić information content (AvgIpc) is 2.39. The molecular weight excluding hydrogens is 290 g/mol. The molecule has 0 amide bonds. The fourth-order valence-corrected chi connectivity index (χ4v) is 2.52. The molecule has 88 valence electrons. The van der Waals surface area contributed by atoms with Crippen LogP contribution in [0.25, 0.3) is 22.2 Å². The Morgan fingerprint density at radius 2 is 1.67 bits per heavy atom. The molecular formula is C15H10BrNO. The van der Waals surface area contributed by atoms with Gasteiger partial charge in [0.2, 0.25) is 0 Å². The molecule has 0 bridgehead atoms. The lowest BCUT2D eigenvalue weighted by molar-refractivity contribution is 1.37. The number of para-hydroxylation sites is 1. The van der Waals surface area contributed by atoms with Crippen LogP contribution in [0.1, 0.15) is 0 Å². The lowest BCUT2D eigenvalue weighted by atomic mass is 10.1. The monoisotopic (exact) mass is 299 g/mol. The van der Waals surface area contributed by atoms with Gasteiger partial charge in [0, 0.05) is 27.0 Å². The Labute approximate surface area is 112 Å². The van der Waals surface area contributed by atoms with Crippen LogP contribution in [0.4, 0.5) is 0 Å². The van der Waals surface area contributed by atoms with Gasteiger partial charge in [0.1, 0.15) is 0 Å². The highest BCUT2D eigenvalue weighted by Crippen LogP contribution is 2.26. The van der Waals surface area contributed by atoms with Crippen molar-refractivity contribution in [1.29, 1.82) is 0 Å². The van der Waals surface area contributed by atoms with Gasteiger partial charge in [-0.05, 0) is 18.2 Å². The zero-order chi connectivity index (χ0) is 12.5. The van der Waals surface area contributed by atoms with Crippen LogP contribution in [0.15, 0.2) is 63.9 Å². The fourth-order valence-electron chi connectivity index (χ4n) is 2.02. The van der Waals surface area contributed by atoms with E-state index in [9.17, 15) is 4.79 Å². The van der Waals surface area contributed by atoms with E-state index in [1.54, 1.807) is 6.07 Å². The van der Waals surface area contributed by atoms with Crippen LogP contribution in [0, 0.1) is 0 Å². The number of benzene rings is 2. The second kappa shape index (κ2) is 4.42. The van der Waals surface area contributed by atoms with Gasteiger partial charge in [-0.3, -0.25) is 4.79 Å². The zero-order valence-corrected chi connectivity index (χ0v) is 11.1. The van der Waals surface area contributed by atoms with Crippen LogP contribution in [0.5, 0.6) is 0 Å². The Kier molecular flexibility index (Phi) is 2.76. The van der Waals surface area contributed by atoms with E-state index in [1.807, 2.05) is 48.5 Å². The number of aromatic nitrogens is 1. The molecule has 0 saturated heterocycles. The van der Waals surface area contributed by atoms with E-state index in [1.165, 1.54) is 0 Å². The van der Waals surface area contributed by atoms with E-state index in [2.05, 4.69) is 20.9 Å². The maximum atomic E-state index is 12.0. The van der Waals surface area contributed by atoms with Crippen molar-refractivity contribution < 1.29 is 0 Å². The van der Waals surface area contributed by atoms with Crippen LogP contribution < -0.4 is 5.43 Å². The summed E-state index contributed by atoms with van der Waals surface area (Å²) in [5.41, 5.74) is 2.71. The molecule has 0 atom stereocenters. The molecule has 1 N–H and O–H groups in total. The third-order valence-corrected chi connectivity index (χ3v) is 3.59. The number of pyridine rings is 1. The van der Waals surface area contributed by atoms with Crippen molar-refractivity contribution in [3.8, 4) is 11.3 Å². The number of rotatable bonds is 1. The molecule has 2 nitrogen and oxygen atoms in total. The molecule has 18 heavy (non-hydrogen) atoms. The molecule has 0 unspecified atom stereocenters. The second-order valence-electron chi connectivity index (χ2n) is 4.07. The van der Waals surface area contributed by atoms with Crippen molar-refractivity contribution >= 4 is 26.8 Å². The van der Waals surface area contributed by atoms with Gasteiger partial charge in [-0.1, -0.05) is 46.3 Å². The summed E-state index contributed by atoms with van der Waals surface area (Å²) in [4.78, 5) is 15.3. The number of H-pyrrole nitrogens is 1. The molecule has 3 rings (SSSR count). The standard InChI is InChI=1S/C15H10BrNO/c16-12-7-3-1-5-10(12)14-9-15(18)11-6-2-4-8-13(11)17-14/h1-9H,(H,17,18). The van der Waals surface area contributed by atoms with Crippen molar-refractivity contribution in [2.24, 2.45) is 0 Å². The Hall–Kier alpha value is -1.87. The molecule has 0 radical (unpaired) electrons. The zero-order valence-electron chi connectivity index (χ0n) is 9.48. The molecule has 1 aromatic heterocycles. The number of aromatic amines is 1. The first-order valence-electron chi connectivity index (χ1n) is 5.63. The highest BCUT2D eigenvalue weighted by atomic mass is 79.9. The van der Waals surface area contributed by atoms with Crippen LogP contribution in [0.2, 0.25) is 0 Å². The topological polar surface area (TPSA) is 32.9 Å². The summed E-state index contributed by atoms with van der Waals surface area (Å²) in [5, 5.41) is 0.716. The van der Waals surface area contributed by atoms with E-state index in [0.717, 1.165) is 21.2 Å². The van der Waals surface area contributed by atoms with E-state index < -0.39 is 0 Å². The van der Waals surface area contributed by atoms with Gasteiger partial charge >= 0.3 is 0 Å². The van der Waals surface area contributed by atoms with Gasteiger partial charge in [0.05, 0.1) is 5.69 Å². The number of nitrogens with one attached hydrogen (secondary N) is 1. The molecule has 0 spiro atoms. The minimum absolute atomic E-state index is 0.0371. The molecule has 0 aliphatic rings. The van der Waals surface area contributed by atoms with Crippen LogP contribution >= 0.6 is 15.9 Å². The Morgan fingerprint density at radius 3 is 2.50 bits per heavy atom. The smallest absolute Gasteiger partial charge is 0.190 e. The van der Waals surface area contributed by atoms with Gasteiger partial charge in [0.25, 0.3) is 0 Å². The first-order valence-corrected chi connectivity index (χ1v) is 6.42. The van der Waals surface area contributed by atoms with Gasteiger partial charge in [-0.15, -0.1) is 0 Å². The first-order chi connectivity index (χ1) is 8.75. The lowest BCUT2D eigenvalue weighted by Crippen LogP contribution is -2.02. The normalized spacial score (nSPS) is 10.7.